The molecule has 98 valence electrons. The van der Waals surface area contributed by atoms with Crippen LogP contribution in [0.1, 0.15) is 24.8 Å². The first-order chi connectivity index (χ1) is 8.65. The van der Waals surface area contributed by atoms with Gasteiger partial charge in [-0.3, -0.25) is 0 Å². The van der Waals surface area contributed by atoms with Crippen LogP contribution in [0.25, 0.3) is 0 Å². The molecule has 0 aromatic heterocycles. The molecule has 4 heteroatoms. The van der Waals surface area contributed by atoms with Gasteiger partial charge >= 0.3 is 0 Å². The average Bonchev–Trinajstić information content (AvgIpc) is 2.97. The van der Waals surface area contributed by atoms with E-state index in [1.807, 2.05) is 12.1 Å². The van der Waals surface area contributed by atoms with Crippen LogP contribution in [0.15, 0.2) is 18.2 Å². The molecular formula is C14H17Cl2NO. The fraction of sp³-hybridized carbons (Fsp3) is 0.571. The van der Waals surface area contributed by atoms with Gasteiger partial charge in [0, 0.05) is 12.0 Å². The van der Waals surface area contributed by atoms with E-state index in [0.29, 0.717) is 28.2 Å². The maximum Gasteiger partial charge on any atom is 0.0624 e. The average molecular weight is 286 g/mol. The maximum absolute atomic E-state index is 6.33. The van der Waals surface area contributed by atoms with Crippen molar-refractivity contribution in [1.82, 2.24) is 0 Å². The summed E-state index contributed by atoms with van der Waals surface area (Å²) in [5.41, 5.74) is 7.38. The van der Waals surface area contributed by atoms with Gasteiger partial charge < -0.3 is 10.5 Å². The van der Waals surface area contributed by atoms with Crippen LogP contribution in [0, 0.1) is 5.92 Å². The van der Waals surface area contributed by atoms with E-state index in [1.54, 1.807) is 6.07 Å². The lowest BCUT2D eigenvalue weighted by Crippen LogP contribution is -2.38. The Morgan fingerprint density at radius 3 is 2.83 bits per heavy atom. The van der Waals surface area contributed by atoms with Gasteiger partial charge in [0.05, 0.1) is 22.3 Å². The fourth-order valence-corrected chi connectivity index (χ4v) is 3.64. The quantitative estimate of drug-likeness (QED) is 0.924. The van der Waals surface area contributed by atoms with E-state index < -0.39 is 0 Å². The van der Waals surface area contributed by atoms with Gasteiger partial charge in [-0.05, 0) is 37.3 Å². The minimum Gasteiger partial charge on any atom is -0.375 e. The van der Waals surface area contributed by atoms with E-state index in [9.17, 15) is 0 Å². The second-order valence-corrected chi connectivity index (χ2v) is 6.14. The SMILES string of the molecule is NC(Cc1cccc(Cl)c1Cl)C1CC2CCC1O2. The van der Waals surface area contributed by atoms with Crippen LogP contribution in [-0.4, -0.2) is 18.2 Å². The number of benzene rings is 1. The molecule has 2 aliphatic heterocycles. The normalized spacial score (nSPS) is 31.8. The first-order valence-corrected chi connectivity index (χ1v) is 7.24. The Kier molecular flexibility index (Phi) is 3.55. The minimum absolute atomic E-state index is 0.108. The van der Waals surface area contributed by atoms with Crippen molar-refractivity contribution in [2.45, 2.75) is 43.9 Å². The lowest BCUT2D eigenvalue weighted by atomic mass is 9.82. The number of rotatable bonds is 3. The summed E-state index contributed by atoms with van der Waals surface area (Å²) in [5, 5.41) is 1.24. The van der Waals surface area contributed by atoms with Crippen molar-refractivity contribution >= 4 is 23.2 Å². The Hall–Kier alpha value is -0.280. The van der Waals surface area contributed by atoms with Crippen LogP contribution in [0.5, 0.6) is 0 Å². The number of hydrogen-bond acceptors (Lipinski definition) is 2. The second kappa shape index (κ2) is 5.01. The van der Waals surface area contributed by atoms with Crippen LogP contribution in [0.3, 0.4) is 0 Å². The number of hydrogen-bond donors (Lipinski definition) is 1. The zero-order chi connectivity index (χ0) is 12.7. The molecule has 2 saturated heterocycles. The van der Waals surface area contributed by atoms with Gasteiger partial charge in [0.2, 0.25) is 0 Å². The molecule has 0 saturated carbocycles. The summed E-state index contributed by atoms with van der Waals surface area (Å²) in [6.45, 7) is 0. The third kappa shape index (κ3) is 2.27. The standard InChI is InChI=1S/C14H17Cl2NO/c15-11-3-1-2-8(14(11)16)6-12(17)10-7-9-4-5-13(10)18-9/h1-3,9-10,12-13H,4-7,17H2. The van der Waals surface area contributed by atoms with Crippen LogP contribution in [0.2, 0.25) is 10.0 Å². The van der Waals surface area contributed by atoms with E-state index in [-0.39, 0.29) is 6.04 Å². The predicted molar refractivity (Wildman–Crippen MR) is 74.1 cm³/mol. The van der Waals surface area contributed by atoms with Crippen molar-refractivity contribution in [1.29, 1.82) is 0 Å². The molecule has 2 fully saturated rings. The summed E-state index contributed by atoms with van der Waals surface area (Å²) in [5.74, 6) is 0.471. The van der Waals surface area contributed by atoms with Gasteiger partial charge in [0.1, 0.15) is 0 Å². The van der Waals surface area contributed by atoms with E-state index in [1.165, 1.54) is 6.42 Å². The lowest BCUT2D eigenvalue weighted by molar-refractivity contribution is 0.0885. The summed E-state index contributed by atoms with van der Waals surface area (Å²) < 4.78 is 5.86. The molecule has 0 spiro atoms. The topological polar surface area (TPSA) is 35.2 Å². The number of fused-ring (bicyclic) bond motifs is 2. The zero-order valence-electron chi connectivity index (χ0n) is 10.1. The summed E-state index contributed by atoms with van der Waals surface area (Å²) in [4.78, 5) is 0. The predicted octanol–water partition coefficient (Wildman–Crippen LogP) is 3.43. The van der Waals surface area contributed by atoms with Crippen LogP contribution in [-0.2, 0) is 11.2 Å². The molecule has 2 aliphatic rings. The Morgan fingerprint density at radius 1 is 1.33 bits per heavy atom. The van der Waals surface area contributed by atoms with Crippen LogP contribution >= 0.6 is 23.2 Å². The molecule has 1 aromatic rings. The molecule has 1 aromatic carbocycles. The van der Waals surface area contributed by atoms with E-state index >= 15 is 0 Å². The Balaban J connectivity index is 1.71. The van der Waals surface area contributed by atoms with Crippen molar-refractivity contribution in [2.75, 3.05) is 0 Å². The van der Waals surface area contributed by atoms with Crippen LogP contribution in [0.4, 0.5) is 0 Å². The Labute approximate surface area is 117 Å². The zero-order valence-corrected chi connectivity index (χ0v) is 11.6. The molecule has 2 nitrogen and oxygen atoms in total. The lowest BCUT2D eigenvalue weighted by Gasteiger charge is -2.25. The largest absolute Gasteiger partial charge is 0.375 e. The van der Waals surface area contributed by atoms with E-state index in [4.69, 9.17) is 33.7 Å². The number of nitrogens with two attached hydrogens (primary N) is 1. The molecule has 2 heterocycles. The van der Waals surface area contributed by atoms with Gasteiger partial charge in [0.25, 0.3) is 0 Å². The van der Waals surface area contributed by atoms with Gasteiger partial charge in [-0.25, -0.2) is 0 Å². The van der Waals surface area contributed by atoms with Gasteiger partial charge in [0.15, 0.2) is 0 Å². The van der Waals surface area contributed by atoms with E-state index in [0.717, 1.165) is 24.8 Å². The molecule has 4 unspecified atom stereocenters. The highest BCUT2D eigenvalue weighted by molar-refractivity contribution is 6.42. The number of ether oxygens (including phenoxy) is 1. The van der Waals surface area contributed by atoms with Crippen molar-refractivity contribution in [3.05, 3.63) is 33.8 Å². The molecule has 4 atom stereocenters. The van der Waals surface area contributed by atoms with Gasteiger partial charge in [-0.2, -0.15) is 0 Å². The Morgan fingerprint density at radius 2 is 2.17 bits per heavy atom. The monoisotopic (exact) mass is 285 g/mol. The second-order valence-electron chi connectivity index (χ2n) is 5.35. The highest BCUT2D eigenvalue weighted by Gasteiger charge is 2.43. The van der Waals surface area contributed by atoms with Crippen molar-refractivity contribution in [3.63, 3.8) is 0 Å². The minimum atomic E-state index is 0.108. The molecule has 0 aliphatic carbocycles. The van der Waals surface area contributed by atoms with Crippen molar-refractivity contribution < 1.29 is 4.74 Å². The molecule has 2 bridgehead atoms. The van der Waals surface area contributed by atoms with Crippen molar-refractivity contribution in [2.24, 2.45) is 11.7 Å². The summed E-state index contributed by atoms with van der Waals surface area (Å²) >= 11 is 12.2. The molecule has 3 rings (SSSR count). The first-order valence-electron chi connectivity index (χ1n) is 6.49. The third-order valence-electron chi connectivity index (χ3n) is 4.19. The summed E-state index contributed by atoms with van der Waals surface area (Å²) in [6, 6.07) is 5.84. The highest BCUT2D eigenvalue weighted by atomic mass is 35.5. The molecule has 0 amide bonds. The smallest absolute Gasteiger partial charge is 0.0624 e. The fourth-order valence-electron chi connectivity index (χ4n) is 3.24. The summed E-state index contributed by atoms with van der Waals surface area (Å²) in [6.07, 6.45) is 5.04. The maximum atomic E-state index is 6.33. The molecule has 18 heavy (non-hydrogen) atoms. The van der Waals surface area contributed by atoms with Gasteiger partial charge in [-0.1, -0.05) is 35.3 Å². The van der Waals surface area contributed by atoms with Gasteiger partial charge in [-0.15, -0.1) is 0 Å². The molecule has 0 radical (unpaired) electrons. The molecular weight excluding hydrogens is 269 g/mol. The van der Waals surface area contributed by atoms with E-state index in [2.05, 4.69) is 0 Å². The third-order valence-corrected chi connectivity index (χ3v) is 5.05. The highest BCUT2D eigenvalue weighted by Crippen LogP contribution is 2.41. The Bertz CT molecular complexity index is 451. The molecule has 2 N–H and O–H groups in total. The van der Waals surface area contributed by atoms with Crippen molar-refractivity contribution in [3.8, 4) is 0 Å². The summed E-state index contributed by atoms with van der Waals surface area (Å²) in [7, 11) is 0. The number of halogens is 2. The first kappa shape index (κ1) is 12.7. The van der Waals surface area contributed by atoms with Crippen LogP contribution < -0.4 is 5.73 Å².